The molecule has 0 atom stereocenters. The van der Waals surface area contributed by atoms with E-state index in [1.807, 2.05) is 0 Å². The summed E-state index contributed by atoms with van der Waals surface area (Å²) in [4.78, 5) is 8.15. The van der Waals surface area contributed by atoms with Gasteiger partial charge in [-0.25, -0.2) is 0 Å². The third-order valence-electron chi connectivity index (χ3n) is 2.93. The lowest BCUT2D eigenvalue weighted by molar-refractivity contribution is -0.0499. The minimum Gasteiger partial charge on any atom is -0.375 e. The van der Waals surface area contributed by atoms with Crippen molar-refractivity contribution in [2.75, 3.05) is 0 Å². The summed E-state index contributed by atoms with van der Waals surface area (Å²) in [5.41, 5.74) is -4.81. The van der Waals surface area contributed by atoms with E-state index in [2.05, 4.69) is 14.2 Å². The largest absolute Gasteiger partial charge is 0.534 e. The Bertz CT molecular complexity index is 971. The summed E-state index contributed by atoms with van der Waals surface area (Å²) in [6, 6.07) is 7.54. The molecule has 2 heterocycles. The van der Waals surface area contributed by atoms with E-state index in [-0.39, 0.29) is 10.9 Å². The number of pyridine rings is 2. The van der Waals surface area contributed by atoms with Crippen molar-refractivity contribution in [2.45, 2.75) is 5.51 Å². The molecule has 1 aromatic carbocycles. The lowest BCUT2D eigenvalue weighted by Crippen LogP contribution is -2.28. The van der Waals surface area contributed by atoms with Crippen molar-refractivity contribution in [3.05, 3.63) is 42.7 Å². The molecule has 114 valence electrons. The molecule has 0 saturated carbocycles. The first kappa shape index (κ1) is 14.5. The van der Waals surface area contributed by atoms with Crippen LogP contribution in [0.5, 0.6) is 5.75 Å². The van der Waals surface area contributed by atoms with E-state index in [0.717, 1.165) is 17.6 Å². The van der Waals surface area contributed by atoms with Gasteiger partial charge in [-0.2, -0.15) is 21.6 Å². The molecule has 0 aliphatic carbocycles. The van der Waals surface area contributed by atoms with Gasteiger partial charge in [0.15, 0.2) is 5.75 Å². The zero-order chi connectivity index (χ0) is 16.0. The van der Waals surface area contributed by atoms with Gasteiger partial charge in [0.2, 0.25) is 0 Å². The fraction of sp³-hybridized carbons (Fsp3) is 0.0769. The molecule has 0 fully saturated rings. The third kappa shape index (κ3) is 2.33. The lowest BCUT2D eigenvalue weighted by atomic mass is 10.1. The average molecular weight is 328 g/mol. The van der Waals surface area contributed by atoms with Crippen molar-refractivity contribution in [3.8, 4) is 5.75 Å². The van der Waals surface area contributed by atoms with Gasteiger partial charge in [0.05, 0.1) is 5.52 Å². The van der Waals surface area contributed by atoms with Crippen molar-refractivity contribution in [2.24, 2.45) is 0 Å². The number of alkyl halides is 3. The molecule has 0 saturated heterocycles. The third-order valence-corrected chi connectivity index (χ3v) is 3.89. The van der Waals surface area contributed by atoms with Crippen LogP contribution >= 0.6 is 0 Å². The molecule has 0 aliphatic heterocycles. The van der Waals surface area contributed by atoms with E-state index in [1.54, 1.807) is 18.2 Å². The smallest absolute Gasteiger partial charge is 0.375 e. The van der Waals surface area contributed by atoms with E-state index in [9.17, 15) is 21.6 Å². The summed E-state index contributed by atoms with van der Waals surface area (Å²) in [6.07, 6.45) is 2.67. The molecule has 22 heavy (non-hydrogen) atoms. The lowest BCUT2D eigenvalue weighted by Gasteiger charge is -2.11. The van der Waals surface area contributed by atoms with E-state index in [4.69, 9.17) is 0 Å². The number of nitrogens with zero attached hydrogens (tertiary/aromatic N) is 2. The highest BCUT2D eigenvalue weighted by atomic mass is 32.2. The zero-order valence-electron chi connectivity index (χ0n) is 10.7. The minimum atomic E-state index is -5.74. The minimum absolute atomic E-state index is 0.126. The number of hydrogen-bond acceptors (Lipinski definition) is 5. The number of aromatic nitrogens is 2. The first-order valence-corrected chi connectivity index (χ1v) is 7.34. The molecule has 2 aromatic heterocycles. The van der Waals surface area contributed by atoms with Crippen molar-refractivity contribution in [1.29, 1.82) is 0 Å². The topological polar surface area (TPSA) is 69.2 Å². The Kier molecular flexibility index (Phi) is 3.17. The van der Waals surface area contributed by atoms with Crippen molar-refractivity contribution in [1.82, 2.24) is 9.97 Å². The fourth-order valence-electron chi connectivity index (χ4n) is 1.97. The van der Waals surface area contributed by atoms with Gasteiger partial charge in [-0.15, -0.1) is 0 Å². The van der Waals surface area contributed by atoms with Crippen LogP contribution in [0.2, 0.25) is 0 Å². The monoisotopic (exact) mass is 328 g/mol. The summed E-state index contributed by atoms with van der Waals surface area (Å²) < 4.78 is 63.8. The maximum Gasteiger partial charge on any atom is 0.534 e. The fourth-order valence-corrected chi connectivity index (χ4v) is 2.44. The molecular formula is C13H7F3N2O3S. The number of rotatable bonds is 2. The van der Waals surface area contributed by atoms with E-state index in [1.165, 1.54) is 12.3 Å². The Morgan fingerprint density at radius 1 is 0.955 bits per heavy atom. The number of hydrogen-bond donors (Lipinski definition) is 0. The summed E-state index contributed by atoms with van der Waals surface area (Å²) in [6.45, 7) is 0. The van der Waals surface area contributed by atoms with Gasteiger partial charge in [0.25, 0.3) is 0 Å². The summed E-state index contributed by atoms with van der Waals surface area (Å²) >= 11 is 0. The molecule has 0 amide bonds. The summed E-state index contributed by atoms with van der Waals surface area (Å²) in [7, 11) is -5.74. The van der Waals surface area contributed by atoms with Crippen LogP contribution in [0, 0.1) is 0 Å². The second kappa shape index (κ2) is 4.80. The Labute approximate surface area is 122 Å². The van der Waals surface area contributed by atoms with Gasteiger partial charge >= 0.3 is 15.6 Å². The Balaban J connectivity index is 2.22. The SMILES string of the molecule is O=S(=O)(Oc1ccnc2c1ccc1cccnc12)C(F)(F)F. The van der Waals surface area contributed by atoms with Crippen molar-refractivity contribution >= 4 is 31.9 Å². The van der Waals surface area contributed by atoms with Crippen LogP contribution in [0.1, 0.15) is 0 Å². The molecule has 3 rings (SSSR count). The highest BCUT2D eigenvalue weighted by molar-refractivity contribution is 7.88. The Morgan fingerprint density at radius 3 is 2.41 bits per heavy atom. The van der Waals surface area contributed by atoms with Crippen LogP contribution in [0.15, 0.2) is 42.7 Å². The Morgan fingerprint density at radius 2 is 1.68 bits per heavy atom. The highest BCUT2D eigenvalue weighted by Crippen LogP contribution is 2.33. The number of fused-ring (bicyclic) bond motifs is 3. The van der Waals surface area contributed by atoms with E-state index < -0.39 is 21.4 Å². The predicted molar refractivity (Wildman–Crippen MR) is 72.6 cm³/mol. The standard InChI is InChI=1S/C13H7F3N2O3S/c14-13(15,16)22(19,20)21-10-5-7-18-12-9(10)4-3-8-2-1-6-17-11(8)12/h1-7H. The van der Waals surface area contributed by atoms with Crippen molar-refractivity contribution in [3.63, 3.8) is 0 Å². The summed E-state index contributed by atoms with van der Waals surface area (Å²) in [5, 5.41) is 0.847. The van der Waals surface area contributed by atoms with Gasteiger partial charge < -0.3 is 4.18 Å². The number of halogens is 3. The van der Waals surface area contributed by atoms with Crippen LogP contribution < -0.4 is 4.18 Å². The van der Waals surface area contributed by atoms with Crippen LogP contribution in [0.3, 0.4) is 0 Å². The number of benzene rings is 1. The first-order valence-electron chi connectivity index (χ1n) is 5.93. The van der Waals surface area contributed by atoms with E-state index >= 15 is 0 Å². The van der Waals surface area contributed by atoms with Gasteiger partial charge in [-0.1, -0.05) is 12.1 Å². The first-order chi connectivity index (χ1) is 10.3. The Hall–Kier alpha value is -2.42. The van der Waals surface area contributed by atoms with Crippen LogP contribution in [-0.4, -0.2) is 23.9 Å². The summed E-state index contributed by atoms with van der Waals surface area (Å²) in [5.74, 6) is -0.449. The molecule has 0 spiro atoms. The molecule has 0 unspecified atom stereocenters. The van der Waals surface area contributed by atoms with Gasteiger partial charge in [0.1, 0.15) is 5.52 Å². The molecule has 5 nitrogen and oxygen atoms in total. The van der Waals surface area contributed by atoms with Gasteiger partial charge in [-0.05, 0) is 12.1 Å². The van der Waals surface area contributed by atoms with Crippen LogP contribution in [0.25, 0.3) is 21.8 Å². The van der Waals surface area contributed by atoms with Crippen LogP contribution in [0.4, 0.5) is 13.2 Å². The second-order valence-electron chi connectivity index (χ2n) is 4.33. The average Bonchev–Trinajstić information content (AvgIpc) is 2.46. The zero-order valence-corrected chi connectivity index (χ0v) is 11.5. The molecule has 0 aliphatic rings. The second-order valence-corrected chi connectivity index (χ2v) is 5.87. The maximum atomic E-state index is 12.4. The van der Waals surface area contributed by atoms with E-state index in [0.29, 0.717) is 5.52 Å². The molecule has 0 N–H and O–H groups in total. The molecule has 0 radical (unpaired) electrons. The quantitative estimate of drug-likeness (QED) is 0.411. The normalized spacial score (nSPS) is 12.7. The van der Waals surface area contributed by atoms with Crippen molar-refractivity contribution < 1.29 is 25.8 Å². The maximum absolute atomic E-state index is 12.4. The highest BCUT2D eigenvalue weighted by Gasteiger charge is 2.48. The van der Waals surface area contributed by atoms with Gasteiger partial charge in [-0.3, -0.25) is 9.97 Å². The predicted octanol–water partition coefficient (Wildman–Crippen LogP) is 3.01. The van der Waals surface area contributed by atoms with Gasteiger partial charge in [0, 0.05) is 29.2 Å². The molecule has 3 aromatic rings. The van der Waals surface area contributed by atoms with Crippen LogP contribution in [-0.2, 0) is 10.1 Å². The molecule has 0 bridgehead atoms. The molecular weight excluding hydrogens is 321 g/mol. The molecule has 9 heteroatoms.